The zero-order valence-corrected chi connectivity index (χ0v) is 14.2. The maximum absolute atomic E-state index is 12.2. The highest BCUT2D eigenvalue weighted by atomic mass is 16.4. The molecule has 0 saturated heterocycles. The van der Waals surface area contributed by atoms with Crippen LogP contribution in [0.5, 0.6) is 0 Å². The second-order valence-electron chi connectivity index (χ2n) is 7.42. The molecule has 1 saturated carbocycles. The first kappa shape index (κ1) is 19.4. The van der Waals surface area contributed by atoms with Gasteiger partial charge in [-0.15, -0.1) is 0 Å². The lowest BCUT2D eigenvalue weighted by Gasteiger charge is -2.61. The van der Waals surface area contributed by atoms with Gasteiger partial charge < -0.3 is 26.6 Å². The Balaban J connectivity index is 2.61. The van der Waals surface area contributed by atoms with Crippen LogP contribution in [0.25, 0.3) is 0 Å². The van der Waals surface area contributed by atoms with E-state index in [2.05, 4.69) is 10.6 Å². The minimum Gasteiger partial charge on any atom is -0.481 e. The van der Waals surface area contributed by atoms with Gasteiger partial charge in [-0.1, -0.05) is 27.7 Å². The third kappa shape index (κ3) is 3.81. The molecule has 0 aliphatic heterocycles. The van der Waals surface area contributed by atoms with Crippen LogP contribution in [0.1, 0.15) is 41.0 Å². The number of carbonyl (C=O) groups excluding carboxylic acids is 2. The van der Waals surface area contributed by atoms with Gasteiger partial charge in [0, 0.05) is 16.9 Å². The first-order valence-corrected chi connectivity index (χ1v) is 7.58. The van der Waals surface area contributed by atoms with Crippen molar-refractivity contribution in [3.05, 3.63) is 0 Å². The molecule has 0 spiro atoms. The second-order valence-corrected chi connectivity index (χ2v) is 7.42. The predicted molar refractivity (Wildman–Crippen MR) is 83.3 cm³/mol. The molecule has 1 rings (SSSR count). The van der Waals surface area contributed by atoms with Crippen LogP contribution < -0.4 is 16.4 Å². The standard InChI is InChI=1S/C15H27N3O5/c1-7(17-11(22)8(16)6-9(19)20)10(21)18-12-14(2,3)13(23)15(12,4)5/h7-8,12-13,23H,6,16H2,1-5H3,(H,17,22)(H,18,21)(H,19,20). The van der Waals surface area contributed by atoms with Crippen LogP contribution in [-0.2, 0) is 14.4 Å². The largest absolute Gasteiger partial charge is 0.481 e. The van der Waals surface area contributed by atoms with Gasteiger partial charge in [-0.3, -0.25) is 14.4 Å². The number of carboxylic acid groups (broad SMARTS) is 1. The van der Waals surface area contributed by atoms with Crippen molar-refractivity contribution in [2.45, 2.75) is 65.3 Å². The SMILES string of the molecule is CC(NC(=O)C(N)CC(=O)O)C(=O)NC1C(C)(C)C(O)C1(C)C. The van der Waals surface area contributed by atoms with Crippen molar-refractivity contribution < 1.29 is 24.6 Å². The Labute approximate surface area is 135 Å². The topological polar surface area (TPSA) is 142 Å². The zero-order valence-electron chi connectivity index (χ0n) is 14.2. The Kier molecular flexibility index (Phi) is 5.43. The Morgan fingerprint density at radius 3 is 2.04 bits per heavy atom. The molecule has 23 heavy (non-hydrogen) atoms. The summed E-state index contributed by atoms with van der Waals surface area (Å²) in [5.74, 6) is -2.28. The molecule has 0 radical (unpaired) electrons. The average molecular weight is 329 g/mol. The summed E-state index contributed by atoms with van der Waals surface area (Å²) in [6.07, 6.45) is -1.05. The first-order chi connectivity index (χ1) is 10.3. The van der Waals surface area contributed by atoms with E-state index >= 15 is 0 Å². The highest BCUT2D eigenvalue weighted by Crippen LogP contribution is 2.53. The average Bonchev–Trinajstić information content (AvgIpc) is 2.42. The molecule has 1 fully saturated rings. The monoisotopic (exact) mass is 329 g/mol. The van der Waals surface area contributed by atoms with Gasteiger partial charge in [0.25, 0.3) is 0 Å². The summed E-state index contributed by atoms with van der Waals surface area (Å²) in [4.78, 5) is 34.5. The van der Waals surface area contributed by atoms with E-state index in [1.165, 1.54) is 6.92 Å². The molecule has 0 heterocycles. The van der Waals surface area contributed by atoms with Gasteiger partial charge in [0.1, 0.15) is 6.04 Å². The molecule has 2 amide bonds. The molecule has 1 aliphatic rings. The first-order valence-electron chi connectivity index (χ1n) is 7.58. The van der Waals surface area contributed by atoms with Crippen LogP contribution in [0, 0.1) is 10.8 Å². The lowest BCUT2D eigenvalue weighted by atomic mass is 9.49. The fourth-order valence-corrected chi connectivity index (χ4v) is 3.44. The van der Waals surface area contributed by atoms with E-state index in [9.17, 15) is 19.5 Å². The van der Waals surface area contributed by atoms with Crippen LogP contribution in [0.2, 0.25) is 0 Å². The van der Waals surface area contributed by atoms with E-state index in [0.717, 1.165) is 0 Å². The quantitative estimate of drug-likeness (QED) is 0.432. The van der Waals surface area contributed by atoms with Crippen molar-refractivity contribution in [1.29, 1.82) is 0 Å². The number of aliphatic hydroxyl groups excluding tert-OH is 1. The summed E-state index contributed by atoms with van der Waals surface area (Å²) >= 11 is 0. The number of amides is 2. The van der Waals surface area contributed by atoms with E-state index in [1.54, 1.807) is 0 Å². The second kappa shape index (κ2) is 6.45. The van der Waals surface area contributed by atoms with Crippen molar-refractivity contribution in [2.24, 2.45) is 16.6 Å². The molecule has 2 atom stereocenters. The van der Waals surface area contributed by atoms with Crippen LogP contribution in [-0.4, -0.2) is 52.2 Å². The van der Waals surface area contributed by atoms with Crippen molar-refractivity contribution in [3.8, 4) is 0 Å². The number of hydrogen-bond donors (Lipinski definition) is 5. The van der Waals surface area contributed by atoms with Crippen LogP contribution in [0.3, 0.4) is 0 Å². The molecular weight excluding hydrogens is 302 g/mol. The smallest absolute Gasteiger partial charge is 0.305 e. The Morgan fingerprint density at radius 2 is 1.61 bits per heavy atom. The summed E-state index contributed by atoms with van der Waals surface area (Å²) in [5, 5.41) is 24.0. The fourth-order valence-electron chi connectivity index (χ4n) is 3.44. The molecule has 132 valence electrons. The maximum atomic E-state index is 12.2. The molecule has 8 nitrogen and oxygen atoms in total. The number of aliphatic hydroxyl groups is 1. The highest BCUT2D eigenvalue weighted by molar-refractivity contribution is 5.91. The van der Waals surface area contributed by atoms with Crippen LogP contribution in [0.4, 0.5) is 0 Å². The molecule has 0 bridgehead atoms. The Morgan fingerprint density at radius 1 is 1.13 bits per heavy atom. The number of aliphatic carboxylic acids is 1. The fraction of sp³-hybridized carbons (Fsp3) is 0.800. The summed E-state index contributed by atoms with van der Waals surface area (Å²) in [5.41, 5.74) is 4.51. The number of hydrogen-bond acceptors (Lipinski definition) is 5. The van der Waals surface area contributed by atoms with E-state index in [-0.39, 0.29) is 6.04 Å². The van der Waals surface area contributed by atoms with Crippen LogP contribution in [0.15, 0.2) is 0 Å². The number of carboxylic acids is 1. The summed E-state index contributed by atoms with van der Waals surface area (Å²) in [6.45, 7) is 8.94. The van der Waals surface area contributed by atoms with Crippen LogP contribution >= 0.6 is 0 Å². The maximum Gasteiger partial charge on any atom is 0.305 e. The lowest BCUT2D eigenvalue weighted by molar-refractivity contribution is -0.186. The third-order valence-corrected chi connectivity index (χ3v) is 4.67. The van der Waals surface area contributed by atoms with Gasteiger partial charge in [0.2, 0.25) is 11.8 Å². The van der Waals surface area contributed by atoms with E-state index in [1.807, 2.05) is 27.7 Å². The van der Waals surface area contributed by atoms with Crippen molar-refractivity contribution in [3.63, 3.8) is 0 Å². The van der Waals surface area contributed by atoms with Gasteiger partial charge in [-0.2, -0.15) is 0 Å². The van der Waals surface area contributed by atoms with E-state index in [0.29, 0.717) is 0 Å². The molecule has 0 aromatic rings. The molecule has 1 aliphatic carbocycles. The number of nitrogens with one attached hydrogen (secondary N) is 2. The molecule has 8 heteroatoms. The van der Waals surface area contributed by atoms with Gasteiger partial charge in [0.05, 0.1) is 18.6 Å². The highest BCUT2D eigenvalue weighted by Gasteiger charge is 2.61. The number of nitrogens with two attached hydrogens (primary N) is 1. The zero-order chi connectivity index (χ0) is 18.2. The Hall–Kier alpha value is -1.67. The van der Waals surface area contributed by atoms with Gasteiger partial charge in [0.15, 0.2) is 0 Å². The van der Waals surface area contributed by atoms with E-state index in [4.69, 9.17) is 10.8 Å². The van der Waals surface area contributed by atoms with Gasteiger partial charge in [-0.25, -0.2) is 0 Å². The molecule has 6 N–H and O–H groups in total. The number of carbonyl (C=O) groups is 3. The third-order valence-electron chi connectivity index (χ3n) is 4.67. The predicted octanol–water partition coefficient (Wildman–Crippen LogP) is -0.795. The molecule has 0 aromatic carbocycles. The normalized spacial score (nSPS) is 27.3. The van der Waals surface area contributed by atoms with Crippen molar-refractivity contribution >= 4 is 17.8 Å². The van der Waals surface area contributed by atoms with E-state index < -0.39 is 53.2 Å². The summed E-state index contributed by atoms with van der Waals surface area (Å²) in [7, 11) is 0. The molecule has 2 unspecified atom stereocenters. The summed E-state index contributed by atoms with van der Waals surface area (Å²) < 4.78 is 0. The molecule has 0 aromatic heterocycles. The minimum absolute atomic E-state index is 0.246. The molecular formula is C15H27N3O5. The number of rotatable bonds is 6. The van der Waals surface area contributed by atoms with Crippen molar-refractivity contribution in [1.82, 2.24) is 10.6 Å². The Bertz CT molecular complexity index is 487. The summed E-state index contributed by atoms with van der Waals surface area (Å²) in [6, 6.07) is -2.31. The lowest BCUT2D eigenvalue weighted by Crippen LogP contribution is -2.74. The minimum atomic E-state index is -1.21. The van der Waals surface area contributed by atoms with Crippen molar-refractivity contribution in [2.75, 3.05) is 0 Å². The van der Waals surface area contributed by atoms with Gasteiger partial charge >= 0.3 is 5.97 Å². The van der Waals surface area contributed by atoms with Gasteiger partial charge in [-0.05, 0) is 6.92 Å².